The van der Waals surface area contributed by atoms with Crippen LogP contribution < -0.4 is 0 Å². The second-order valence-electron chi connectivity index (χ2n) is 4.38. The molecular weight excluding hydrogens is 228 g/mol. The predicted octanol–water partition coefficient (Wildman–Crippen LogP) is 0.548. The molecule has 0 radical (unpaired) electrons. The monoisotopic (exact) mass is 246 g/mol. The normalized spacial score (nSPS) is 26.2. The number of amides is 1. The van der Waals surface area contributed by atoms with Crippen LogP contribution in [0.3, 0.4) is 0 Å². The van der Waals surface area contributed by atoms with Gasteiger partial charge in [-0.2, -0.15) is 0 Å². The Labute approximate surface area is 101 Å². The molecular formula is C11H19ClN2O2. The topological polar surface area (TPSA) is 32.8 Å². The highest BCUT2D eigenvalue weighted by atomic mass is 35.5. The van der Waals surface area contributed by atoms with Crippen molar-refractivity contribution >= 4 is 17.5 Å². The van der Waals surface area contributed by atoms with Crippen LogP contribution in [0.25, 0.3) is 0 Å². The number of piperazine rings is 1. The van der Waals surface area contributed by atoms with E-state index in [9.17, 15) is 4.79 Å². The maximum atomic E-state index is 11.5. The molecule has 2 aliphatic heterocycles. The van der Waals surface area contributed by atoms with Gasteiger partial charge in [-0.3, -0.25) is 9.69 Å². The fraction of sp³-hybridized carbons (Fsp3) is 0.909. The number of hydrogen-bond donors (Lipinski definition) is 0. The van der Waals surface area contributed by atoms with Crippen LogP contribution in [-0.2, 0) is 9.53 Å². The van der Waals surface area contributed by atoms with Gasteiger partial charge in [0.05, 0.1) is 13.2 Å². The summed E-state index contributed by atoms with van der Waals surface area (Å²) in [6.45, 7) is 5.20. The second kappa shape index (κ2) is 5.84. The Morgan fingerprint density at radius 2 is 2.25 bits per heavy atom. The van der Waals surface area contributed by atoms with E-state index < -0.39 is 0 Å². The third-order valence-corrected chi connectivity index (χ3v) is 3.51. The van der Waals surface area contributed by atoms with Crippen molar-refractivity contribution in [3.63, 3.8) is 0 Å². The summed E-state index contributed by atoms with van der Waals surface area (Å²) in [4.78, 5) is 15.9. The molecule has 4 nitrogen and oxygen atoms in total. The number of hydrogen-bond acceptors (Lipinski definition) is 3. The van der Waals surface area contributed by atoms with Crippen LogP contribution in [0.4, 0.5) is 0 Å². The molecule has 1 atom stereocenters. The number of carbonyl (C=O) groups excluding carboxylic acids is 1. The van der Waals surface area contributed by atoms with E-state index in [0.29, 0.717) is 24.4 Å². The minimum absolute atomic E-state index is 0.336. The number of alkyl halides is 1. The first kappa shape index (κ1) is 12.1. The lowest BCUT2D eigenvalue weighted by Gasteiger charge is -2.37. The maximum absolute atomic E-state index is 11.5. The average Bonchev–Trinajstić information content (AvgIpc) is 2.66. The predicted molar refractivity (Wildman–Crippen MR) is 62.7 cm³/mol. The van der Waals surface area contributed by atoms with Gasteiger partial charge < -0.3 is 9.64 Å². The Morgan fingerprint density at radius 3 is 3.06 bits per heavy atom. The molecule has 0 spiro atoms. The third kappa shape index (κ3) is 2.87. The Bertz CT molecular complexity index is 250. The lowest BCUT2D eigenvalue weighted by molar-refractivity contribution is -0.130. The lowest BCUT2D eigenvalue weighted by atomic mass is 10.1. The number of carbonyl (C=O) groups is 1. The van der Waals surface area contributed by atoms with E-state index in [0.717, 1.165) is 45.6 Å². The minimum atomic E-state index is 0.336. The van der Waals surface area contributed by atoms with Crippen molar-refractivity contribution in [1.82, 2.24) is 9.80 Å². The number of ether oxygens (including phenoxy) is 1. The van der Waals surface area contributed by atoms with Crippen molar-refractivity contribution in [3.8, 4) is 0 Å². The van der Waals surface area contributed by atoms with Crippen molar-refractivity contribution in [1.29, 1.82) is 0 Å². The van der Waals surface area contributed by atoms with Crippen molar-refractivity contribution in [2.45, 2.75) is 18.9 Å². The number of fused-ring (bicyclic) bond motifs is 1. The van der Waals surface area contributed by atoms with Crippen LogP contribution in [0.5, 0.6) is 0 Å². The van der Waals surface area contributed by atoms with Crippen LogP contribution in [0, 0.1) is 0 Å². The van der Waals surface area contributed by atoms with Gasteiger partial charge in [0.1, 0.15) is 0 Å². The highest BCUT2D eigenvalue weighted by Gasteiger charge is 2.34. The molecule has 16 heavy (non-hydrogen) atoms. The van der Waals surface area contributed by atoms with E-state index in [1.165, 1.54) is 0 Å². The fourth-order valence-electron chi connectivity index (χ4n) is 2.48. The summed E-state index contributed by atoms with van der Waals surface area (Å²) in [5.74, 6) is 0.897. The van der Waals surface area contributed by atoms with Crippen molar-refractivity contribution in [3.05, 3.63) is 0 Å². The van der Waals surface area contributed by atoms with Gasteiger partial charge in [0.15, 0.2) is 0 Å². The Balaban J connectivity index is 1.68. The summed E-state index contributed by atoms with van der Waals surface area (Å²) in [6.07, 6.45) is 1.76. The molecule has 2 aliphatic rings. The summed E-state index contributed by atoms with van der Waals surface area (Å²) >= 11 is 5.53. The van der Waals surface area contributed by atoms with Crippen LogP contribution in [0.15, 0.2) is 0 Å². The molecule has 2 rings (SSSR count). The minimum Gasteiger partial charge on any atom is -0.379 e. The van der Waals surface area contributed by atoms with E-state index in [-0.39, 0.29) is 0 Å². The van der Waals surface area contributed by atoms with Crippen LogP contribution in [-0.4, -0.2) is 67.0 Å². The van der Waals surface area contributed by atoms with Gasteiger partial charge in [-0.05, 0) is 6.42 Å². The van der Waals surface area contributed by atoms with Crippen molar-refractivity contribution < 1.29 is 9.53 Å². The van der Waals surface area contributed by atoms with E-state index in [1.54, 1.807) is 0 Å². The first-order valence-corrected chi connectivity index (χ1v) is 6.50. The second-order valence-corrected chi connectivity index (χ2v) is 4.76. The molecule has 92 valence electrons. The van der Waals surface area contributed by atoms with Crippen LogP contribution >= 0.6 is 11.6 Å². The number of nitrogens with zero attached hydrogens (tertiary/aromatic N) is 2. The molecule has 0 bridgehead atoms. The molecule has 5 heteroatoms. The van der Waals surface area contributed by atoms with Gasteiger partial charge in [0.2, 0.25) is 5.91 Å². The molecule has 2 fully saturated rings. The first-order chi connectivity index (χ1) is 7.81. The molecule has 0 aromatic rings. The lowest BCUT2D eigenvalue weighted by Crippen LogP contribution is -2.52. The van der Waals surface area contributed by atoms with Gasteiger partial charge in [-0.25, -0.2) is 0 Å². The van der Waals surface area contributed by atoms with Gasteiger partial charge in [-0.15, -0.1) is 11.6 Å². The van der Waals surface area contributed by atoms with E-state index >= 15 is 0 Å². The fourth-order valence-corrected chi connectivity index (χ4v) is 2.59. The Kier molecular flexibility index (Phi) is 4.44. The summed E-state index contributed by atoms with van der Waals surface area (Å²) in [5.41, 5.74) is 0. The molecule has 1 unspecified atom stereocenters. The van der Waals surface area contributed by atoms with E-state index in [1.807, 2.05) is 4.90 Å². The smallest absolute Gasteiger partial charge is 0.222 e. The molecule has 0 aliphatic carbocycles. The average molecular weight is 247 g/mol. The largest absolute Gasteiger partial charge is 0.379 e. The van der Waals surface area contributed by atoms with Gasteiger partial charge in [-0.1, -0.05) is 0 Å². The summed E-state index contributed by atoms with van der Waals surface area (Å²) in [6, 6.07) is 0.453. The molecule has 0 saturated carbocycles. The zero-order chi connectivity index (χ0) is 11.4. The Hall–Kier alpha value is -0.320. The molecule has 1 amide bonds. The van der Waals surface area contributed by atoms with Crippen molar-refractivity contribution in [2.24, 2.45) is 0 Å². The SMILES string of the molecule is O=C1CCC2CN(CCOCCCl)CCN12. The highest BCUT2D eigenvalue weighted by molar-refractivity contribution is 6.17. The summed E-state index contributed by atoms with van der Waals surface area (Å²) in [7, 11) is 0. The Morgan fingerprint density at radius 1 is 1.38 bits per heavy atom. The quantitative estimate of drug-likeness (QED) is 0.525. The zero-order valence-corrected chi connectivity index (χ0v) is 10.3. The molecule has 0 aromatic heterocycles. The van der Waals surface area contributed by atoms with E-state index in [4.69, 9.17) is 16.3 Å². The van der Waals surface area contributed by atoms with Gasteiger partial charge in [0, 0.05) is 44.5 Å². The third-order valence-electron chi connectivity index (χ3n) is 3.35. The van der Waals surface area contributed by atoms with Crippen molar-refractivity contribution in [2.75, 3.05) is 45.3 Å². The number of halogens is 1. The first-order valence-electron chi connectivity index (χ1n) is 5.97. The summed E-state index contributed by atoms with van der Waals surface area (Å²) in [5, 5.41) is 0. The standard InChI is InChI=1S/C11H19ClN2O2/c12-3-7-16-8-6-13-4-5-14-10(9-13)1-2-11(14)15/h10H,1-9H2. The highest BCUT2D eigenvalue weighted by Crippen LogP contribution is 2.22. The van der Waals surface area contributed by atoms with Gasteiger partial charge >= 0.3 is 0 Å². The number of rotatable bonds is 5. The molecule has 2 saturated heterocycles. The molecule has 0 aromatic carbocycles. The van der Waals surface area contributed by atoms with Crippen LogP contribution in [0.2, 0.25) is 0 Å². The zero-order valence-electron chi connectivity index (χ0n) is 9.53. The summed E-state index contributed by atoms with van der Waals surface area (Å²) < 4.78 is 5.36. The van der Waals surface area contributed by atoms with Crippen LogP contribution in [0.1, 0.15) is 12.8 Å². The molecule has 0 N–H and O–H groups in total. The molecule has 2 heterocycles. The maximum Gasteiger partial charge on any atom is 0.222 e. The van der Waals surface area contributed by atoms with E-state index in [2.05, 4.69) is 4.90 Å². The van der Waals surface area contributed by atoms with Gasteiger partial charge in [0.25, 0.3) is 0 Å².